The second-order valence-corrected chi connectivity index (χ2v) is 6.08. The number of carbonyl (C=O) groups is 2. The van der Waals surface area contributed by atoms with Crippen molar-refractivity contribution >= 4 is 17.5 Å². The molecule has 1 aromatic carbocycles. The average molecular weight is 299 g/mol. The Bertz CT molecular complexity index is 644. The van der Waals surface area contributed by atoms with Gasteiger partial charge >= 0.3 is 0 Å². The lowest BCUT2D eigenvalue weighted by molar-refractivity contribution is -0.123. The molecular formula is C17H17NO4. The van der Waals surface area contributed by atoms with Crippen molar-refractivity contribution in [1.29, 1.82) is 0 Å². The molecular weight excluding hydrogens is 282 g/mol. The monoisotopic (exact) mass is 299 g/mol. The van der Waals surface area contributed by atoms with Crippen LogP contribution in [0, 0.1) is 23.7 Å². The number of hydrogen-bond acceptors (Lipinski definition) is 4. The fourth-order valence-corrected chi connectivity index (χ4v) is 4.08. The van der Waals surface area contributed by atoms with Gasteiger partial charge in [0, 0.05) is 18.2 Å². The zero-order chi connectivity index (χ0) is 15.4. The molecule has 0 aromatic heterocycles. The normalized spacial score (nSPS) is 31.8. The molecule has 2 bridgehead atoms. The van der Waals surface area contributed by atoms with E-state index in [9.17, 15) is 9.59 Å². The van der Waals surface area contributed by atoms with E-state index >= 15 is 0 Å². The van der Waals surface area contributed by atoms with Crippen molar-refractivity contribution in [2.24, 2.45) is 23.7 Å². The lowest BCUT2D eigenvalue weighted by Crippen LogP contribution is -2.32. The molecule has 0 unspecified atom stereocenters. The van der Waals surface area contributed by atoms with Gasteiger partial charge in [-0.2, -0.15) is 0 Å². The van der Waals surface area contributed by atoms with Crippen LogP contribution in [-0.2, 0) is 9.59 Å². The average Bonchev–Trinajstić information content (AvgIpc) is 3.20. The van der Waals surface area contributed by atoms with Crippen molar-refractivity contribution < 1.29 is 19.1 Å². The standard InChI is InChI=1S/C17H17NO4/c1-21-12-6-11(7-13(8-12)22-2)18-16(19)14-9-3-4-10(5-9)15(14)17(18)20/h3-4,6-10,14-15H,5H2,1-2H3/t9-,10-,14-,15+/m0/s1. The summed E-state index contributed by atoms with van der Waals surface area (Å²) in [5.41, 5.74) is 0.528. The van der Waals surface area contributed by atoms with Crippen LogP contribution in [0.3, 0.4) is 0 Å². The van der Waals surface area contributed by atoms with Gasteiger partial charge < -0.3 is 9.47 Å². The van der Waals surface area contributed by atoms with Crippen LogP contribution in [0.5, 0.6) is 11.5 Å². The van der Waals surface area contributed by atoms with Crippen molar-refractivity contribution in [1.82, 2.24) is 0 Å². The number of rotatable bonds is 3. The number of allylic oxidation sites excluding steroid dienone is 2. The van der Waals surface area contributed by atoms with Crippen molar-refractivity contribution in [2.45, 2.75) is 6.42 Å². The first kappa shape index (κ1) is 13.4. The van der Waals surface area contributed by atoms with Crippen LogP contribution in [0.15, 0.2) is 30.4 Å². The van der Waals surface area contributed by atoms with E-state index < -0.39 is 0 Å². The van der Waals surface area contributed by atoms with Gasteiger partial charge in [0.05, 0.1) is 31.7 Å². The highest BCUT2D eigenvalue weighted by atomic mass is 16.5. The maximum Gasteiger partial charge on any atom is 0.238 e. The molecule has 0 radical (unpaired) electrons. The summed E-state index contributed by atoms with van der Waals surface area (Å²) >= 11 is 0. The van der Waals surface area contributed by atoms with Crippen molar-refractivity contribution in [3.63, 3.8) is 0 Å². The summed E-state index contributed by atoms with van der Waals surface area (Å²) in [4.78, 5) is 26.9. The first-order valence-corrected chi connectivity index (χ1v) is 7.43. The molecule has 2 aliphatic carbocycles. The molecule has 1 saturated heterocycles. The van der Waals surface area contributed by atoms with Gasteiger partial charge in [-0.3, -0.25) is 9.59 Å². The maximum atomic E-state index is 12.8. The van der Waals surface area contributed by atoms with E-state index in [2.05, 4.69) is 12.2 Å². The number of nitrogens with zero attached hydrogens (tertiary/aromatic N) is 1. The number of carbonyl (C=O) groups excluding carboxylic acids is 2. The Hall–Kier alpha value is -2.30. The molecule has 1 saturated carbocycles. The predicted octanol–water partition coefficient (Wildman–Crippen LogP) is 2.02. The van der Waals surface area contributed by atoms with Crippen LogP contribution in [-0.4, -0.2) is 26.0 Å². The van der Waals surface area contributed by atoms with Crippen molar-refractivity contribution in [3.8, 4) is 11.5 Å². The summed E-state index contributed by atoms with van der Waals surface area (Å²) in [7, 11) is 3.09. The van der Waals surface area contributed by atoms with Gasteiger partial charge in [-0.1, -0.05) is 12.2 Å². The first-order valence-electron chi connectivity index (χ1n) is 7.43. The van der Waals surface area contributed by atoms with Gasteiger partial charge in [-0.05, 0) is 18.3 Å². The summed E-state index contributed by atoms with van der Waals surface area (Å²) in [6.45, 7) is 0. The molecule has 3 aliphatic rings. The molecule has 22 heavy (non-hydrogen) atoms. The predicted molar refractivity (Wildman–Crippen MR) is 79.8 cm³/mol. The Morgan fingerprint density at radius 2 is 1.41 bits per heavy atom. The topological polar surface area (TPSA) is 55.8 Å². The van der Waals surface area contributed by atoms with Crippen LogP contribution in [0.2, 0.25) is 0 Å². The third-order valence-corrected chi connectivity index (χ3v) is 5.06. The SMILES string of the molecule is COc1cc(OC)cc(N2C(=O)[C@@H]3[C@H](C2=O)[C@H]2C=C[C@H]3C2)c1. The third kappa shape index (κ3) is 1.65. The molecule has 1 heterocycles. The highest BCUT2D eigenvalue weighted by Gasteiger charge is 2.59. The highest BCUT2D eigenvalue weighted by molar-refractivity contribution is 6.23. The summed E-state index contributed by atoms with van der Waals surface area (Å²) < 4.78 is 10.5. The van der Waals surface area contributed by atoms with Gasteiger partial charge in [-0.25, -0.2) is 4.90 Å². The smallest absolute Gasteiger partial charge is 0.238 e. The number of fused-ring (bicyclic) bond motifs is 5. The van der Waals surface area contributed by atoms with E-state index in [-0.39, 0.29) is 35.5 Å². The van der Waals surface area contributed by atoms with Crippen molar-refractivity contribution in [2.75, 3.05) is 19.1 Å². The number of anilines is 1. The Labute approximate surface area is 128 Å². The molecule has 5 heteroatoms. The molecule has 0 spiro atoms. The Kier molecular flexibility index (Phi) is 2.79. The van der Waals surface area contributed by atoms with Crippen molar-refractivity contribution in [3.05, 3.63) is 30.4 Å². The van der Waals surface area contributed by atoms with Crippen LogP contribution >= 0.6 is 0 Å². The van der Waals surface area contributed by atoms with E-state index in [4.69, 9.17) is 9.47 Å². The van der Waals surface area contributed by atoms with Crippen LogP contribution in [0.1, 0.15) is 6.42 Å². The second kappa shape index (κ2) is 4.60. The van der Waals surface area contributed by atoms with Crippen LogP contribution in [0.4, 0.5) is 5.69 Å². The first-order chi connectivity index (χ1) is 10.6. The molecule has 5 nitrogen and oxygen atoms in total. The maximum absolute atomic E-state index is 12.8. The minimum Gasteiger partial charge on any atom is -0.497 e. The Morgan fingerprint density at radius 1 is 0.909 bits per heavy atom. The van der Waals surface area contributed by atoms with E-state index in [1.807, 2.05) is 0 Å². The molecule has 1 aromatic rings. The van der Waals surface area contributed by atoms with Gasteiger partial charge in [-0.15, -0.1) is 0 Å². The summed E-state index contributed by atoms with van der Waals surface area (Å²) in [5.74, 6) is 0.970. The van der Waals surface area contributed by atoms with E-state index in [1.165, 1.54) is 4.90 Å². The van der Waals surface area contributed by atoms with Crippen LogP contribution in [0.25, 0.3) is 0 Å². The molecule has 1 aliphatic heterocycles. The molecule has 4 rings (SSSR count). The summed E-state index contributed by atoms with van der Waals surface area (Å²) in [5, 5.41) is 0. The number of methoxy groups -OCH3 is 2. The van der Waals surface area contributed by atoms with Crippen LogP contribution < -0.4 is 14.4 Å². The fourth-order valence-electron chi connectivity index (χ4n) is 4.08. The lowest BCUT2D eigenvalue weighted by atomic mass is 9.85. The Morgan fingerprint density at radius 3 is 1.86 bits per heavy atom. The number of imide groups is 1. The zero-order valence-electron chi connectivity index (χ0n) is 12.5. The number of amides is 2. The molecule has 0 N–H and O–H groups in total. The van der Waals surface area contributed by atoms with E-state index in [0.717, 1.165) is 6.42 Å². The molecule has 114 valence electrons. The quantitative estimate of drug-likeness (QED) is 0.633. The van der Waals surface area contributed by atoms with Gasteiger partial charge in [0.15, 0.2) is 0 Å². The second-order valence-electron chi connectivity index (χ2n) is 6.08. The molecule has 2 amide bonds. The minimum absolute atomic E-state index is 0.0952. The lowest BCUT2D eigenvalue weighted by Gasteiger charge is -2.18. The minimum atomic E-state index is -0.195. The van der Waals surface area contributed by atoms with Gasteiger partial charge in [0.25, 0.3) is 0 Å². The molecule has 2 fully saturated rings. The number of hydrogen-bond donors (Lipinski definition) is 0. The number of benzene rings is 1. The summed E-state index contributed by atoms with van der Waals surface area (Å²) in [6, 6.07) is 5.13. The van der Waals surface area contributed by atoms with Gasteiger partial charge in [0.2, 0.25) is 11.8 Å². The van der Waals surface area contributed by atoms with E-state index in [0.29, 0.717) is 17.2 Å². The van der Waals surface area contributed by atoms with Gasteiger partial charge in [0.1, 0.15) is 11.5 Å². The largest absolute Gasteiger partial charge is 0.497 e. The third-order valence-electron chi connectivity index (χ3n) is 5.06. The number of ether oxygens (including phenoxy) is 2. The molecule has 4 atom stereocenters. The Balaban J connectivity index is 1.75. The highest BCUT2D eigenvalue weighted by Crippen LogP contribution is 2.53. The summed E-state index contributed by atoms with van der Waals surface area (Å²) in [6.07, 6.45) is 5.11. The zero-order valence-corrected chi connectivity index (χ0v) is 12.5. The fraction of sp³-hybridized carbons (Fsp3) is 0.412. The van der Waals surface area contributed by atoms with E-state index in [1.54, 1.807) is 32.4 Å².